The van der Waals surface area contributed by atoms with Crippen LogP contribution in [0.2, 0.25) is 0 Å². The molecule has 4 fully saturated rings. The minimum atomic E-state index is -0.955. The number of aliphatic hydroxyl groups excluding tert-OH is 1. The van der Waals surface area contributed by atoms with E-state index in [2.05, 4.69) is 20.8 Å². The van der Waals surface area contributed by atoms with Gasteiger partial charge in [0.05, 0.1) is 0 Å². The molecule has 4 saturated carbocycles. The standard InChI is InChI=1S/C24H39O4.2Na/c1-14(4-9-22(27)28)18-7-8-19-17-6-5-15-12-16(25)10-11-23(15,2)20(17)13-21(26)24(18,19)3;;/h14-15,17-21,25-26H,4-13H2,1-3H3,(H,27,28);;/q;;+1/p-1/t14-,15-,17?,18-,19?,20?,21+,23+,24-;;/m1../s1. The first-order valence-corrected chi connectivity index (χ1v) is 13.1. The van der Waals surface area contributed by atoms with Gasteiger partial charge in [-0.2, -0.15) is 0 Å². The molecule has 0 amide bonds. The van der Waals surface area contributed by atoms with Gasteiger partial charge in [0.1, 0.15) is 0 Å². The van der Waals surface area contributed by atoms with E-state index < -0.39 is 5.97 Å². The quantitative estimate of drug-likeness (QED) is 0.590. The zero-order chi connectivity index (χ0) is 21.2. The molecule has 0 aromatic carbocycles. The van der Waals surface area contributed by atoms with Gasteiger partial charge >= 0.3 is 208 Å². The Hall–Kier alpha value is 1.39. The average Bonchev–Trinajstić information content (AvgIpc) is 3.00. The number of fused-ring (bicyclic) bond motifs is 5. The predicted molar refractivity (Wildman–Crippen MR) is 111 cm³/mol. The van der Waals surface area contributed by atoms with Crippen molar-refractivity contribution in [2.75, 3.05) is 0 Å². The van der Waals surface area contributed by atoms with Crippen molar-refractivity contribution >= 4 is 33.9 Å². The van der Waals surface area contributed by atoms with Crippen molar-refractivity contribution in [3.8, 4) is 0 Å². The molecule has 0 heterocycles. The van der Waals surface area contributed by atoms with Crippen molar-refractivity contribution in [3.05, 3.63) is 0 Å². The van der Waals surface area contributed by atoms with E-state index in [1.165, 1.54) is 19.3 Å². The monoisotopic (exact) mass is 436 g/mol. The third kappa shape index (κ3) is 4.28. The zero-order valence-corrected chi connectivity index (χ0v) is 23.8. The Kier molecular flexibility index (Phi) is 7.98. The number of hydrogen-bond donors (Lipinski definition) is 2. The number of aliphatic carboxylic acids is 1. The number of carbonyl (C=O) groups excluding carboxylic acids is 1. The van der Waals surface area contributed by atoms with Crippen molar-refractivity contribution < 1.29 is 49.7 Å². The summed E-state index contributed by atoms with van der Waals surface area (Å²) >= 11 is 0.861. The van der Waals surface area contributed by atoms with Crippen molar-refractivity contribution in [2.45, 2.75) is 93.9 Å². The van der Waals surface area contributed by atoms with Crippen LogP contribution in [0, 0.1) is 46.3 Å². The summed E-state index contributed by atoms with van der Waals surface area (Å²) in [6.45, 7) is 6.97. The van der Waals surface area contributed by atoms with Crippen LogP contribution in [-0.4, -0.2) is 53.1 Å². The SMILES string of the molecule is C[C@H](CCC(=O)[O-])[C@H]1CCC2C3CC[C@@H]4C[C@@](O)([Na])CC[C@]4(C)C3C[C@H](O)[C@@]21C.[Na+]. The Balaban J connectivity index is 0.00000256. The van der Waals surface area contributed by atoms with Crippen LogP contribution in [0.25, 0.3) is 0 Å². The van der Waals surface area contributed by atoms with Crippen LogP contribution in [0.3, 0.4) is 0 Å². The second-order valence-corrected chi connectivity index (χ2v) is 13.9. The number of carboxylic acid groups (broad SMARTS) is 1. The molecule has 6 heteroatoms. The minimum absolute atomic E-state index is 0. The molecule has 4 nitrogen and oxygen atoms in total. The van der Waals surface area contributed by atoms with Crippen molar-refractivity contribution in [3.63, 3.8) is 0 Å². The Bertz CT molecular complexity index is 655. The van der Waals surface area contributed by atoms with Gasteiger partial charge in [-0.05, 0) is 0 Å². The molecule has 0 saturated heterocycles. The summed E-state index contributed by atoms with van der Waals surface area (Å²) in [5.41, 5.74) is 0.184. The Morgan fingerprint density at radius 2 is 1.87 bits per heavy atom. The van der Waals surface area contributed by atoms with Crippen LogP contribution in [0.1, 0.15) is 85.0 Å². The van der Waals surface area contributed by atoms with Crippen LogP contribution in [0.4, 0.5) is 0 Å². The average molecular weight is 437 g/mol. The Morgan fingerprint density at radius 3 is 2.53 bits per heavy atom. The van der Waals surface area contributed by atoms with Gasteiger partial charge < -0.3 is 9.90 Å². The van der Waals surface area contributed by atoms with Gasteiger partial charge in [-0.3, -0.25) is 0 Å². The van der Waals surface area contributed by atoms with Crippen LogP contribution in [0.5, 0.6) is 0 Å². The van der Waals surface area contributed by atoms with Crippen LogP contribution >= 0.6 is 0 Å². The van der Waals surface area contributed by atoms with E-state index in [9.17, 15) is 20.1 Å². The molecule has 0 spiro atoms. The first-order chi connectivity index (χ1) is 13.5. The van der Waals surface area contributed by atoms with Crippen LogP contribution in [-0.2, 0) is 4.79 Å². The Labute approximate surface area is 222 Å². The third-order valence-electron chi connectivity index (χ3n) is 10.6. The number of rotatable bonds is 4. The zero-order valence-electron chi connectivity index (χ0n) is 19.8. The molecule has 4 rings (SSSR count). The van der Waals surface area contributed by atoms with E-state index in [1.54, 1.807) is 0 Å². The summed E-state index contributed by atoms with van der Waals surface area (Å²) in [4.78, 5) is 11.0. The van der Waals surface area contributed by atoms with E-state index in [-0.39, 0.29) is 55.8 Å². The second-order valence-electron chi connectivity index (χ2n) is 12.0. The molecule has 0 aromatic heterocycles. The minimum Gasteiger partial charge on any atom is 1.00 e. The molecule has 10 atom stereocenters. The fraction of sp³-hybridized carbons (Fsp3) is 0.958. The fourth-order valence-electron chi connectivity index (χ4n) is 8.90. The molecule has 2 N–H and O–H groups in total. The molecule has 3 unspecified atom stereocenters. The van der Waals surface area contributed by atoms with Crippen molar-refractivity contribution in [1.82, 2.24) is 0 Å². The maximum absolute atomic E-state index is 11.5. The smallest absolute Gasteiger partial charge is 1.00 e. The van der Waals surface area contributed by atoms with Gasteiger partial charge in [0, 0.05) is 5.97 Å². The topological polar surface area (TPSA) is 80.6 Å². The molecular weight excluding hydrogens is 398 g/mol. The molecule has 4 aliphatic carbocycles. The first kappa shape index (κ1) is 26.0. The summed E-state index contributed by atoms with van der Waals surface area (Å²) in [6, 6.07) is 0. The Morgan fingerprint density at radius 1 is 1.17 bits per heavy atom. The van der Waals surface area contributed by atoms with Gasteiger partial charge in [-0.1, -0.05) is 0 Å². The largest absolute Gasteiger partial charge is 1.00 e. The predicted octanol–water partition coefficient (Wildman–Crippen LogP) is -0.357. The third-order valence-corrected chi connectivity index (χ3v) is 11.5. The van der Waals surface area contributed by atoms with Gasteiger partial charge in [0.2, 0.25) is 0 Å². The number of carbonyl (C=O) groups is 1. The van der Waals surface area contributed by atoms with Crippen molar-refractivity contribution in [1.29, 1.82) is 0 Å². The fourth-order valence-corrected chi connectivity index (χ4v) is 9.65. The first-order valence-electron chi connectivity index (χ1n) is 12.1. The number of hydrogen-bond acceptors (Lipinski definition) is 4. The normalized spacial score (nSPS) is 51.2. The summed E-state index contributed by atoms with van der Waals surface area (Å²) in [6.07, 6.45) is 9.20. The van der Waals surface area contributed by atoms with E-state index in [4.69, 9.17) is 0 Å². The van der Waals surface area contributed by atoms with E-state index in [0.29, 0.717) is 41.9 Å². The molecular formula is C24H38Na2O4. The van der Waals surface area contributed by atoms with Crippen LogP contribution < -0.4 is 34.7 Å². The number of aliphatic hydroxyl groups is 2. The molecule has 0 aromatic rings. The van der Waals surface area contributed by atoms with E-state index in [1.807, 2.05) is 0 Å². The van der Waals surface area contributed by atoms with Gasteiger partial charge in [0.25, 0.3) is 0 Å². The second kappa shape index (κ2) is 9.21. The molecule has 160 valence electrons. The van der Waals surface area contributed by atoms with Gasteiger partial charge in [-0.15, -0.1) is 0 Å². The van der Waals surface area contributed by atoms with Crippen molar-refractivity contribution in [2.24, 2.45) is 46.3 Å². The van der Waals surface area contributed by atoms with Gasteiger partial charge in [0.15, 0.2) is 0 Å². The molecule has 0 radical (unpaired) electrons. The van der Waals surface area contributed by atoms with E-state index in [0.717, 1.165) is 60.0 Å². The summed E-state index contributed by atoms with van der Waals surface area (Å²) in [5, 5.41) is 33.2. The van der Waals surface area contributed by atoms with E-state index >= 15 is 0 Å². The molecule has 0 bridgehead atoms. The molecule has 4 aliphatic rings. The summed E-state index contributed by atoms with van der Waals surface area (Å²) in [5.74, 6) is 2.19. The maximum Gasteiger partial charge on any atom is 1.00 e. The maximum atomic E-state index is 11.5. The van der Waals surface area contributed by atoms with Crippen LogP contribution in [0.15, 0.2) is 0 Å². The molecule has 30 heavy (non-hydrogen) atoms. The summed E-state index contributed by atoms with van der Waals surface area (Å²) in [7, 11) is 0. The molecule has 0 aliphatic heterocycles. The summed E-state index contributed by atoms with van der Waals surface area (Å²) < 4.78 is -0.383. The number of carboxylic acids is 1. The van der Waals surface area contributed by atoms with Gasteiger partial charge in [-0.25, -0.2) is 0 Å².